The van der Waals surface area contributed by atoms with Crippen LogP contribution in [0.2, 0.25) is 0 Å². The van der Waals surface area contributed by atoms with Crippen molar-refractivity contribution in [1.29, 1.82) is 0 Å². The maximum absolute atomic E-state index is 11.4. The zero-order valence-corrected chi connectivity index (χ0v) is 11.6. The van der Waals surface area contributed by atoms with Gasteiger partial charge in [0.25, 0.3) is 5.69 Å². The number of hydrogen-bond donors (Lipinski definition) is 1. The van der Waals surface area contributed by atoms with Gasteiger partial charge in [0.1, 0.15) is 5.76 Å². The fraction of sp³-hybridized carbons (Fsp3) is 0.357. The third-order valence-corrected chi connectivity index (χ3v) is 2.89. The number of esters is 1. The number of ether oxygens (including phenoxy) is 2. The molecule has 0 unspecified atom stereocenters. The first-order valence-electron chi connectivity index (χ1n) is 6.32. The number of non-ortho nitro benzene ring substituents is 1. The number of carbonyl (C=O) groups is 1. The van der Waals surface area contributed by atoms with Gasteiger partial charge in [0.15, 0.2) is 0 Å². The van der Waals surface area contributed by atoms with Gasteiger partial charge < -0.3 is 14.6 Å². The van der Waals surface area contributed by atoms with Gasteiger partial charge in [-0.3, -0.25) is 10.1 Å². The Morgan fingerprint density at radius 3 is 2.43 bits per heavy atom. The van der Waals surface area contributed by atoms with Gasteiger partial charge >= 0.3 is 5.97 Å². The molecule has 0 radical (unpaired) electrons. The summed E-state index contributed by atoms with van der Waals surface area (Å²) < 4.78 is 10.4. The van der Waals surface area contributed by atoms with Gasteiger partial charge in [-0.15, -0.1) is 0 Å². The molecule has 0 aromatic heterocycles. The van der Waals surface area contributed by atoms with E-state index in [0.717, 1.165) is 0 Å². The number of aliphatic hydroxyl groups excluding tert-OH is 1. The first-order valence-corrected chi connectivity index (χ1v) is 6.32. The molecule has 0 saturated carbocycles. The molecule has 1 aliphatic heterocycles. The molecule has 1 atom stereocenters. The molecule has 1 heterocycles. The second-order valence-corrected chi connectivity index (χ2v) is 5.10. The topological polar surface area (TPSA) is 98.9 Å². The zero-order chi connectivity index (χ0) is 15.6. The highest BCUT2D eigenvalue weighted by molar-refractivity contribution is 5.83. The number of nitrogens with zero attached hydrogens (tertiary/aromatic N) is 1. The second kappa shape index (κ2) is 5.53. The van der Waals surface area contributed by atoms with Crippen LogP contribution in [0.3, 0.4) is 0 Å². The molecule has 1 N–H and O–H groups in total. The van der Waals surface area contributed by atoms with Gasteiger partial charge in [0.05, 0.1) is 17.1 Å². The quantitative estimate of drug-likeness (QED) is 0.519. The Kier molecular flexibility index (Phi) is 3.95. The van der Waals surface area contributed by atoms with E-state index in [1.165, 1.54) is 30.3 Å². The predicted octanol–water partition coefficient (Wildman–Crippen LogP) is 2.21. The average Bonchev–Trinajstić information content (AvgIpc) is 2.36. The van der Waals surface area contributed by atoms with Crippen molar-refractivity contribution in [2.45, 2.75) is 32.2 Å². The number of cyclic esters (lactones) is 1. The molecule has 7 heteroatoms. The molecule has 1 aromatic rings. The van der Waals surface area contributed by atoms with Gasteiger partial charge in [-0.25, -0.2) is 4.79 Å². The van der Waals surface area contributed by atoms with Crippen LogP contribution in [0.5, 0.6) is 0 Å². The van der Waals surface area contributed by atoms with Crippen molar-refractivity contribution >= 4 is 11.7 Å². The monoisotopic (exact) mass is 293 g/mol. The summed E-state index contributed by atoms with van der Waals surface area (Å²) >= 11 is 0. The number of rotatable bonds is 4. The minimum absolute atomic E-state index is 0.0520. The van der Waals surface area contributed by atoms with E-state index in [-0.39, 0.29) is 12.1 Å². The highest BCUT2D eigenvalue weighted by Crippen LogP contribution is 2.29. The van der Waals surface area contributed by atoms with Crippen LogP contribution in [-0.4, -0.2) is 21.8 Å². The number of nitro groups is 1. The van der Waals surface area contributed by atoms with Crippen LogP contribution < -0.4 is 0 Å². The molecule has 1 aliphatic rings. The van der Waals surface area contributed by atoms with E-state index < -0.39 is 22.8 Å². The van der Waals surface area contributed by atoms with Crippen molar-refractivity contribution in [3.05, 3.63) is 51.8 Å². The van der Waals surface area contributed by atoms with E-state index in [2.05, 4.69) is 0 Å². The summed E-state index contributed by atoms with van der Waals surface area (Å²) in [5, 5.41) is 20.7. The number of carbonyl (C=O) groups excluding carboxylic acids is 1. The molecule has 0 aliphatic carbocycles. The molecule has 2 rings (SSSR count). The molecule has 1 aromatic carbocycles. The van der Waals surface area contributed by atoms with Crippen molar-refractivity contribution in [2.75, 3.05) is 0 Å². The van der Waals surface area contributed by atoms with E-state index in [4.69, 9.17) is 9.47 Å². The lowest BCUT2D eigenvalue weighted by Gasteiger charge is -2.31. The summed E-state index contributed by atoms with van der Waals surface area (Å²) in [7, 11) is 0. The summed E-state index contributed by atoms with van der Waals surface area (Å²) in [5.41, 5.74) is 0.450. The fourth-order valence-electron chi connectivity index (χ4n) is 2.00. The zero-order valence-electron chi connectivity index (χ0n) is 11.6. The second-order valence-electron chi connectivity index (χ2n) is 5.10. The van der Waals surface area contributed by atoms with Crippen molar-refractivity contribution < 1.29 is 24.3 Å². The van der Waals surface area contributed by atoms with Crippen LogP contribution in [0.25, 0.3) is 0 Å². The lowest BCUT2D eigenvalue weighted by atomic mass is 10.0. The molecular weight excluding hydrogens is 278 g/mol. The normalized spacial score (nSPS) is 18.2. The molecule has 0 spiro atoms. The average molecular weight is 293 g/mol. The maximum atomic E-state index is 11.4. The lowest BCUT2D eigenvalue weighted by molar-refractivity contribution is -0.384. The standard InChI is InChI=1S/C14H15NO6/c1-14(2)20-11(8-13(17)21-14)7-12(16)9-3-5-10(6-4-9)15(18)19/h3-6,8,12,16H,7H2,1-2H3/t12-/m1/s1. The largest absolute Gasteiger partial charge is 0.457 e. The van der Waals surface area contributed by atoms with Gasteiger partial charge in [-0.1, -0.05) is 0 Å². The van der Waals surface area contributed by atoms with E-state index in [9.17, 15) is 20.0 Å². The van der Waals surface area contributed by atoms with Crippen LogP contribution in [0, 0.1) is 10.1 Å². The van der Waals surface area contributed by atoms with Crippen LogP contribution >= 0.6 is 0 Å². The smallest absolute Gasteiger partial charge is 0.337 e. The Morgan fingerprint density at radius 1 is 1.29 bits per heavy atom. The van der Waals surface area contributed by atoms with Crippen molar-refractivity contribution in [3.8, 4) is 0 Å². The van der Waals surface area contributed by atoms with Gasteiger partial charge in [0, 0.05) is 32.4 Å². The maximum Gasteiger partial charge on any atom is 0.337 e. The summed E-state index contributed by atoms with van der Waals surface area (Å²) in [4.78, 5) is 21.4. The third-order valence-electron chi connectivity index (χ3n) is 2.89. The van der Waals surface area contributed by atoms with Crippen LogP contribution in [0.1, 0.15) is 31.9 Å². The van der Waals surface area contributed by atoms with Crippen LogP contribution in [0.15, 0.2) is 36.1 Å². The Morgan fingerprint density at radius 2 is 1.90 bits per heavy atom. The Labute approximate surface area is 120 Å². The lowest BCUT2D eigenvalue weighted by Crippen LogP contribution is -2.34. The summed E-state index contributed by atoms with van der Waals surface area (Å²) in [6.07, 6.45) is 0.328. The van der Waals surface area contributed by atoms with E-state index in [1.54, 1.807) is 13.8 Å². The Hall–Kier alpha value is -2.41. The Bertz CT molecular complexity index is 590. The highest BCUT2D eigenvalue weighted by Gasteiger charge is 2.31. The number of benzene rings is 1. The third kappa shape index (κ3) is 3.79. The number of aliphatic hydroxyl groups is 1. The summed E-state index contributed by atoms with van der Waals surface area (Å²) in [6, 6.07) is 5.56. The van der Waals surface area contributed by atoms with Gasteiger partial charge in [-0.05, 0) is 17.7 Å². The number of hydrogen-bond acceptors (Lipinski definition) is 6. The molecule has 0 bridgehead atoms. The first-order chi connectivity index (χ1) is 9.77. The van der Waals surface area contributed by atoms with Crippen molar-refractivity contribution in [2.24, 2.45) is 0 Å². The van der Waals surface area contributed by atoms with Crippen LogP contribution in [-0.2, 0) is 14.3 Å². The molecule has 21 heavy (non-hydrogen) atoms. The molecular formula is C14H15NO6. The molecule has 0 amide bonds. The molecule has 112 valence electrons. The number of nitro benzene ring substituents is 1. The Balaban J connectivity index is 2.09. The van der Waals surface area contributed by atoms with Crippen molar-refractivity contribution in [3.63, 3.8) is 0 Å². The molecule has 7 nitrogen and oxygen atoms in total. The SMILES string of the molecule is CC1(C)OC(=O)C=C(C[C@@H](O)c2ccc([N+](=O)[O-])cc2)O1. The minimum Gasteiger partial charge on any atom is -0.457 e. The first kappa shape index (κ1) is 15.0. The van der Waals surface area contributed by atoms with Gasteiger partial charge in [-0.2, -0.15) is 0 Å². The molecule has 0 saturated heterocycles. The molecule has 0 fully saturated rings. The summed E-state index contributed by atoms with van der Waals surface area (Å²) in [5.74, 6) is -1.30. The van der Waals surface area contributed by atoms with E-state index in [1.807, 2.05) is 0 Å². The summed E-state index contributed by atoms with van der Waals surface area (Å²) in [6.45, 7) is 3.19. The van der Waals surface area contributed by atoms with Gasteiger partial charge in [0.2, 0.25) is 5.79 Å². The predicted molar refractivity (Wildman–Crippen MR) is 72.0 cm³/mol. The van der Waals surface area contributed by atoms with E-state index >= 15 is 0 Å². The fourth-order valence-corrected chi connectivity index (χ4v) is 2.00. The highest BCUT2D eigenvalue weighted by atomic mass is 16.7. The van der Waals surface area contributed by atoms with Crippen LogP contribution in [0.4, 0.5) is 5.69 Å². The van der Waals surface area contributed by atoms with E-state index in [0.29, 0.717) is 11.3 Å². The minimum atomic E-state index is -1.07. The van der Waals surface area contributed by atoms with Crippen molar-refractivity contribution in [1.82, 2.24) is 0 Å².